The van der Waals surface area contributed by atoms with Crippen LogP contribution in [0.5, 0.6) is 0 Å². The molecule has 0 saturated carbocycles. The molecular weight excluding hydrogens is 446 g/mol. The number of nitrogens with zero attached hydrogens (tertiary/aromatic N) is 3. The molecule has 0 radical (unpaired) electrons. The largest absolute Gasteiger partial charge is 0.481 e. The summed E-state index contributed by atoms with van der Waals surface area (Å²) in [7, 11) is 0. The van der Waals surface area contributed by atoms with Gasteiger partial charge in [0, 0.05) is 24.2 Å². The SMILES string of the molecule is CCNc1nc2ncc(CNc3ccc(C(=O)N[C@@H](CCC(=O)O)C(=O)O)cc3)nc2c(=O)[nH]1. The maximum atomic E-state index is 12.3. The Hall–Kier alpha value is -4.55. The van der Waals surface area contributed by atoms with Crippen LogP contribution in [0.15, 0.2) is 35.3 Å². The molecule has 3 aromatic rings. The Morgan fingerprint density at radius 1 is 1.09 bits per heavy atom. The zero-order valence-corrected chi connectivity index (χ0v) is 18.2. The summed E-state index contributed by atoms with van der Waals surface area (Å²) in [5.41, 5.74) is 1.29. The van der Waals surface area contributed by atoms with Gasteiger partial charge < -0.3 is 26.2 Å². The highest BCUT2D eigenvalue weighted by atomic mass is 16.4. The number of carbonyl (C=O) groups is 3. The average molecular weight is 469 g/mol. The second-order valence-electron chi connectivity index (χ2n) is 7.21. The molecule has 34 heavy (non-hydrogen) atoms. The topological polar surface area (TPSA) is 199 Å². The lowest BCUT2D eigenvalue weighted by Crippen LogP contribution is -2.41. The van der Waals surface area contributed by atoms with Crippen molar-refractivity contribution in [3.05, 3.63) is 52.1 Å². The third-order valence-electron chi connectivity index (χ3n) is 4.68. The van der Waals surface area contributed by atoms with Crippen LogP contribution in [0.3, 0.4) is 0 Å². The number of hydrogen-bond acceptors (Lipinski definition) is 9. The van der Waals surface area contributed by atoms with E-state index in [-0.39, 0.29) is 36.1 Å². The van der Waals surface area contributed by atoms with E-state index in [1.165, 1.54) is 18.3 Å². The smallest absolute Gasteiger partial charge is 0.326 e. The Balaban J connectivity index is 1.62. The molecule has 0 saturated heterocycles. The van der Waals surface area contributed by atoms with Crippen LogP contribution in [0.25, 0.3) is 11.2 Å². The van der Waals surface area contributed by atoms with Crippen LogP contribution in [0.1, 0.15) is 35.8 Å². The number of H-pyrrole nitrogens is 1. The number of aliphatic carboxylic acids is 2. The molecule has 1 atom stereocenters. The molecular formula is C21H23N7O6. The standard InChI is InChI=1S/C21H23N7O6/c1-2-22-21-27-17-16(19(32)28-21)25-13(10-24-17)9-23-12-5-3-11(4-6-12)18(31)26-14(20(33)34)7-8-15(29)30/h3-6,10,14,23H,2,7-9H2,1H3,(H,26,31)(H,29,30)(H,33,34)(H2,22,24,27,28,32)/t14-/m0/s1. The summed E-state index contributed by atoms with van der Waals surface area (Å²) in [6, 6.07) is 4.92. The molecule has 3 rings (SSSR count). The summed E-state index contributed by atoms with van der Waals surface area (Å²) in [4.78, 5) is 61.7. The van der Waals surface area contributed by atoms with Crippen LogP contribution in [-0.4, -0.2) is 60.6 Å². The Labute approximate surface area is 192 Å². The van der Waals surface area contributed by atoms with E-state index in [1.54, 1.807) is 12.1 Å². The van der Waals surface area contributed by atoms with Crippen LogP contribution in [0, 0.1) is 0 Å². The second-order valence-corrected chi connectivity index (χ2v) is 7.21. The maximum Gasteiger partial charge on any atom is 0.326 e. The number of carboxylic acids is 2. The van der Waals surface area contributed by atoms with Crippen LogP contribution in [0.2, 0.25) is 0 Å². The number of aromatic amines is 1. The van der Waals surface area contributed by atoms with Crippen molar-refractivity contribution in [1.82, 2.24) is 25.3 Å². The zero-order valence-electron chi connectivity index (χ0n) is 18.2. The fourth-order valence-corrected chi connectivity index (χ4v) is 2.99. The van der Waals surface area contributed by atoms with Gasteiger partial charge in [-0.2, -0.15) is 4.98 Å². The molecule has 0 fully saturated rings. The minimum absolute atomic E-state index is 0.115. The highest BCUT2D eigenvalue weighted by Crippen LogP contribution is 2.12. The lowest BCUT2D eigenvalue weighted by atomic mass is 10.1. The van der Waals surface area contributed by atoms with Crippen molar-refractivity contribution < 1.29 is 24.6 Å². The van der Waals surface area contributed by atoms with Gasteiger partial charge in [-0.05, 0) is 37.6 Å². The van der Waals surface area contributed by atoms with Crippen LogP contribution >= 0.6 is 0 Å². The minimum atomic E-state index is -1.31. The number of aromatic nitrogens is 4. The predicted octanol–water partition coefficient (Wildman–Crippen LogP) is 0.805. The van der Waals surface area contributed by atoms with Crippen molar-refractivity contribution in [2.45, 2.75) is 32.4 Å². The summed E-state index contributed by atoms with van der Waals surface area (Å²) in [6.45, 7) is 2.72. The average Bonchev–Trinajstić information content (AvgIpc) is 2.80. The zero-order chi connectivity index (χ0) is 24.7. The molecule has 6 N–H and O–H groups in total. The monoisotopic (exact) mass is 469 g/mol. The van der Waals surface area contributed by atoms with E-state index in [1.807, 2.05) is 6.92 Å². The molecule has 1 amide bonds. The molecule has 0 spiro atoms. The number of carbonyl (C=O) groups excluding carboxylic acids is 1. The summed E-state index contributed by atoms with van der Waals surface area (Å²) in [5, 5.41) is 26.2. The van der Waals surface area contributed by atoms with E-state index in [0.29, 0.717) is 23.9 Å². The number of nitrogens with one attached hydrogen (secondary N) is 4. The van der Waals surface area contributed by atoms with E-state index < -0.39 is 29.4 Å². The normalized spacial score (nSPS) is 11.6. The van der Waals surface area contributed by atoms with Crippen LogP contribution in [0.4, 0.5) is 11.6 Å². The van der Waals surface area contributed by atoms with Crippen molar-refractivity contribution >= 4 is 40.6 Å². The van der Waals surface area contributed by atoms with E-state index in [9.17, 15) is 19.2 Å². The predicted molar refractivity (Wildman–Crippen MR) is 122 cm³/mol. The molecule has 0 unspecified atom stereocenters. The minimum Gasteiger partial charge on any atom is -0.481 e. The first-order chi connectivity index (χ1) is 16.3. The number of benzene rings is 1. The molecule has 178 valence electrons. The summed E-state index contributed by atoms with van der Waals surface area (Å²) in [6.07, 6.45) is 0.899. The summed E-state index contributed by atoms with van der Waals surface area (Å²) in [5.74, 6) is -2.77. The number of anilines is 2. The van der Waals surface area contributed by atoms with Gasteiger partial charge in [0.2, 0.25) is 5.95 Å². The second kappa shape index (κ2) is 10.8. The van der Waals surface area contributed by atoms with Crippen molar-refractivity contribution in [2.75, 3.05) is 17.2 Å². The van der Waals surface area contributed by atoms with Gasteiger partial charge in [0.25, 0.3) is 11.5 Å². The Bertz CT molecular complexity index is 1260. The maximum absolute atomic E-state index is 12.3. The van der Waals surface area contributed by atoms with Gasteiger partial charge in [0.1, 0.15) is 6.04 Å². The molecule has 0 bridgehead atoms. The highest BCUT2D eigenvalue weighted by Gasteiger charge is 2.21. The van der Waals surface area contributed by atoms with Crippen molar-refractivity contribution in [3.8, 4) is 0 Å². The highest BCUT2D eigenvalue weighted by molar-refractivity contribution is 5.96. The quantitative estimate of drug-likeness (QED) is 0.232. The third kappa shape index (κ3) is 6.25. The number of carboxylic acid groups (broad SMARTS) is 2. The Kier molecular flexibility index (Phi) is 7.69. The van der Waals surface area contributed by atoms with Crippen LogP contribution in [-0.2, 0) is 16.1 Å². The van der Waals surface area contributed by atoms with E-state index >= 15 is 0 Å². The molecule has 0 aliphatic heterocycles. The third-order valence-corrected chi connectivity index (χ3v) is 4.68. The van der Waals surface area contributed by atoms with Crippen molar-refractivity contribution in [1.29, 1.82) is 0 Å². The van der Waals surface area contributed by atoms with Gasteiger partial charge in [-0.3, -0.25) is 19.4 Å². The van der Waals surface area contributed by atoms with E-state index in [0.717, 1.165) is 0 Å². The molecule has 13 nitrogen and oxygen atoms in total. The molecule has 1 aromatic carbocycles. The fourth-order valence-electron chi connectivity index (χ4n) is 2.99. The van der Waals surface area contributed by atoms with E-state index in [2.05, 4.69) is 35.9 Å². The van der Waals surface area contributed by atoms with Gasteiger partial charge >= 0.3 is 11.9 Å². The van der Waals surface area contributed by atoms with Gasteiger partial charge in [-0.25, -0.2) is 14.8 Å². The first kappa shape index (κ1) is 24.1. The van der Waals surface area contributed by atoms with Gasteiger partial charge in [-0.15, -0.1) is 0 Å². The number of amides is 1. The first-order valence-electron chi connectivity index (χ1n) is 10.4. The summed E-state index contributed by atoms with van der Waals surface area (Å²) >= 11 is 0. The fraction of sp³-hybridized carbons (Fsp3) is 0.286. The first-order valence-corrected chi connectivity index (χ1v) is 10.4. The molecule has 2 aromatic heterocycles. The van der Waals surface area contributed by atoms with Gasteiger partial charge in [-0.1, -0.05) is 0 Å². The Morgan fingerprint density at radius 3 is 2.47 bits per heavy atom. The molecule has 2 heterocycles. The van der Waals surface area contributed by atoms with Gasteiger partial charge in [0.15, 0.2) is 11.2 Å². The van der Waals surface area contributed by atoms with Gasteiger partial charge in [0.05, 0.1) is 18.4 Å². The number of hydrogen-bond donors (Lipinski definition) is 6. The van der Waals surface area contributed by atoms with Crippen molar-refractivity contribution in [3.63, 3.8) is 0 Å². The number of fused-ring (bicyclic) bond motifs is 1. The molecule has 13 heteroatoms. The lowest BCUT2D eigenvalue weighted by molar-refractivity contribution is -0.140. The number of rotatable bonds is 11. The van der Waals surface area contributed by atoms with Crippen molar-refractivity contribution in [2.24, 2.45) is 0 Å². The molecule has 0 aliphatic rings. The Morgan fingerprint density at radius 2 is 1.82 bits per heavy atom. The van der Waals surface area contributed by atoms with E-state index in [4.69, 9.17) is 10.2 Å². The van der Waals surface area contributed by atoms with Crippen LogP contribution < -0.4 is 21.5 Å². The lowest BCUT2D eigenvalue weighted by Gasteiger charge is -2.14. The summed E-state index contributed by atoms with van der Waals surface area (Å²) < 4.78 is 0. The molecule has 0 aliphatic carbocycles.